The van der Waals surface area contributed by atoms with Crippen molar-refractivity contribution in [2.24, 2.45) is 0 Å². The molecule has 0 heterocycles. The number of benzene rings is 1. The average molecular weight is 269 g/mol. The second-order valence-electron chi connectivity index (χ2n) is 1.71. The van der Waals surface area contributed by atoms with Crippen LogP contribution in [0.25, 0.3) is 0 Å². The zero-order valence-corrected chi connectivity index (χ0v) is 11.6. The summed E-state index contributed by atoms with van der Waals surface area (Å²) in [6, 6.07) is 12.0. The number of hydrogen-bond donors (Lipinski definition) is 2. The smallest absolute Gasteiger partial charge is 0.412 e. The molecule has 0 aliphatic rings. The van der Waals surface area contributed by atoms with Crippen molar-refractivity contribution in [1.29, 1.82) is 0 Å². The van der Waals surface area contributed by atoms with E-state index in [-0.39, 0.29) is 40.5 Å². The summed E-state index contributed by atoms with van der Waals surface area (Å²) in [5, 5.41) is 0. The minimum Gasteiger partial charge on any atom is -0.412 e. The van der Waals surface area contributed by atoms with Gasteiger partial charge in [0, 0.05) is 0 Å². The topological polar surface area (TPSA) is 129 Å². The Kier molecular flexibility index (Phi) is 23.4. The summed E-state index contributed by atoms with van der Waals surface area (Å²) in [7, 11) is -4.15. The van der Waals surface area contributed by atoms with Gasteiger partial charge in [0.25, 0.3) is 0 Å². The zero-order chi connectivity index (χ0) is 9.45. The van der Waals surface area contributed by atoms with Gasteiger partial charge < -0.3 is 11.0 Å². The van der Waals surface area contributed by atoms with Gasteiger partial charge in [-0.1, -0.05) is 36.4 Å². The van der Waals surface area contributed by atoms with Crippen molar-refractivity contribution >= 4 is 22.1 Å². The molecule has 9 heteroatoms. The molecular weight excluding hydrogens is 257 g/mol. The number of hydrogen-bond acceptors (Lipinski definition) is 2. The Morgan fingerprint density at radius 2 is 1.07 bits per heavy atom. The Morgan fingerprint density at radius 1 is 0.933 bits per heavy atom. The van der Waals surface area contributed by atoms with Gasteiger partial charge in [-0.05, 0) is 11.8 Å². The summed E-state index contributed by atoms with van der Waals surface area (Å²) in [6.07, 6.45) is 0. The molecule has 0 aromatic heterocycles. The maximum absolute atomic E-state index is 9.31. The third-order valence-corrected chi connectivity index (χ3v) is 1.54. The quantitative estimate of drug-likeness (QED) is 0.312. The predicted molar refractivity (Wildman–Crippen MR) is 54.2 cm³/mol. The van der Waals surface area contributed by atoms with Crippen LogP contribution in [0, 0.1) is 0 Å². The summed E-state index contributed by atoms with van der Waals surface area (Å²) < 4.78 is 27.3. The molecule has 0 atom stereocenters. The fraction of sp³-hybridized carbons (Fsp3) is 0. The van der Waals surface area contributed by atoms with Crippen molar-refractivity contribution in [3.63, 3.8) is 0 Å². The summed E-state index contributed by atoms with van der Waals surface area (Å²) in [5.41, 5.74) is 0. The molecule has 0 fully saturated rings. The monoisotopic (exact) mass is 268 g/mol. The summed E-state index contributed by atoms with van der Waals surface area (Å²) in [6.45, 7) is 0. The maximum atomic E-state index is 9.31. The zero-order valence-electron chi connectivity index (χ0n) is 8.01. The van der Waals surface area contributed by atoms with E-state index in [4.69, 9.17) is 4.55 Å². The number of nitrogens with one attached hydrogen (secondary N) is 1. The summed E-state index contributed by atoms with van der Waals surface area (Å²) >= 11 is 4.39. The number of rotatable bonds is 1. The van der Waals surface area contributed by atoms with Crippen LogP contribution in [0.2, 0.25) is 0 Å². The second-order valence-corrected chi connectivity index (χ2v) is 3.27. The van der Waals surface area contributed by atoms with Crippen molar-refractivity contribution in [1.82, 2.24) is 4.24 Å². The van der Waals surface area contributed by atoms with Gasteiger partial charge in [0.05, 0.1) is 0 Å². The second kappa shape index (κ2) is 14.3. The van der Waals surface area contributed by atoms with Crippen molar-refractivity contribution < 1.29 is 53.5 Å². The van der Waals surface area contributed by atoms with E-state index >= 15 is 0 Å². The van der Waals surface area contributed by atoms with Crippen LogP contribution in [0.5, 0.6) is 0 Å². The first kappa shape index (κ1) is 24.5. The van der Waals surface area contributed by atoms with Gasteiger partial charge in [-0.15, -0.1) is 4.24 Å². The van der Waals surface area contributed by atoms with E-state index < -0.39 is 10.3 Å². The van der Waals surface area contributed by atoms with Crippen LogP contribution in [0.4, 0.5) is 0 Å². The molecule has 0 aliphatic carbocycles. The van der Waals surface area contributed by atoms with E-state index in [9.17, 15) is 8.42 Å². The van der Waals surface area contributed by atoms with Gasteiger partial charge in [-0.3, -0.25) is 4.55 Å². The molecule has 6 N–H and O–H groups in total. The molecule has 0 saturated carbocycles. The molecule has 1 aromatic carbocycles. The molecule has 1 rings (SSSR count). The fourth-order valence-corrected chi connectivity index (χ4v) is 0.385. The van der Waals surface area contributed by atoms with Gasteiger partial charge in [0.2, 0.25) is 0 Å². The fourth-order valence-electron chi connectivity index (χ4n) is 0.385. The Hall–Kier alpha value is 0.300. The van der Waals surface area contributed by atoms with Crippen LogP contribution >= 0.6 is 11.8 Å². The molecule has 0 bridgehead atoms. The van der Waals surface area contributed by atoms with Crippen LogP contribution in [-0.4, -0.2) is 23.9 Å². The third-order valence-electron chi connectivity index (χ3n) is 0.764. The van der Waals surface area contributed by atoms with Crippen molar-refractivity contribution in [3.8, 4) is 0 Å². The molecule has 0 radical (unpaired) electrons. The van der Waals surface area contributed by atoms with Gasteiger partial charge in [-0.25, -0.2) is 0 Å². The van der Waals surface area contributed by atoms with Crippen molar-refractivity contribution in [2.75, 3.05) is 0 Å². The van der Waals surface area contributed by atoms with Gasteiger partial charge in [-0.2, -0.15) is 8.42 Å². The first-order valence-electron chi connectivity index (χ1n) is 2.91. The minimum absolute atomic E-state index is 0. The molecule has 6 nitrogen and oxygen atoms in total. The Morgan fingerprint density at radius 3 is 1.13 bits per heavy atom. The Labute approximate surface area is 116 Å². The van der Waals surface area contributed by atoms with Gasteiger partial charge in [0.1, 0.15) is 0 Å². The maximum Gasteiger partial charge on any atom is 1.00 e. The molecule has 1 aromatic rings. The van der Waals surface area contributed by atoms with Gasteiger partial charge >= 0.3 is 39.9 Å². The van der Waals surface area contributed by atoms with Crippen LogP contribution < -0.4 is 33.8 Å². The van der Waals surface area contributed by atoms with E-state index in [0.29, 0.717) is 0 Å². The first-order valence-corrected chi connectivity index (χ1v) is 4.73. The van der Waals surface area contributed by atoms with E-state index in [2.05, 4.69) is 11.8 Å². The van der Waals surface area contributed by atoms with Crippen molar-refractivity contribution in [3.05, 3.63) is 36.4 Å². The molecule has 15 heavy (non-hydrogen) atoms. The molecule has 0 unspecified atom stereocenters. The minimum atomic E-state index is -4.15. The summed E-state index contributed by atoms with van der Waals surface area (Å²) in [4.78, 5) is 0. The molecule has 0 spiro atoms. The third kappa shape index (κ3) is 25.0. The predicted octanol–water partition coefficient (Wildman–Crippen LogP) is -3.43. The largest absolute Gasteiger partial charge is 1.00 e. The molecule has 0 aliphatic heterocycles. The average Bonchev–Trinajstić information content (AvgIpc) is 2.07. The molecule has 0 amide bonds. The van der Waals surface area contributed by atoms with E-state index in [1.807, 2.05) is 36.4 Å². The van der Waals surface area contributed by atoms with Crippen LogP contribution in [0.1, 0.15) is 0 Å². The molecule has 0 saturated heterocycles. The van der Waals surface area contributed by atoms with Crippen LogP contribution in [0.3, 0.4) is 0 Å². The van der Waals surface area contributed by atoms with E-state index in [1.165, 1.54) is 0 Å². The first-order chi connectivity index (χ1) is 5.56. The standard InChI is InChI=1S/C6H6.ClH2NO3S.Na.2H2O/c1-2-4-6-5-3-1;1-2-6(3,4)5;;;/h1-6H;2H,(H,3,4,5);;2*1H2/q;;+1;;. The van der Waals surface area contributed by atoms with E-state index in [1.54, 1.807) is 0 Å². The Bertz CT molecular complexity index is 269. The normalized spacial score (nSPS) is 7.87. The van der Waals surface area contributed by atoms with E-state index in [0.717, 1.165) is 4.24 Å². The molecule has 84 valence electrons. The Balaban J connectivity index is -0.0000000672. The SMILES string of the molecule is O.O.O=S(=O)(O)NCl.[Na+].c1ccccc1. The van der Waals surface area contributed by atoms with Gasteiger partial charge in [0.15, 0.2) is 0 Å². The van der Waals surface area contributed by atoms with Crippen LogP contribution in [0.15, 0.2) is 36.4 Å². The summed E-state index contributed by atoms with van der Waals surface area (Å²) in [5.74, 6) is 0. The molecular formula is C6H12ClNNaO5S+. The van der Waals surface area contributed by atoms with Crippen molar-refractivity contribution in [2.45, 2.75) is 0 Å². The van der Waals surface area contributed by atoms with Crippen LogP contribution in [-0.2, 0) is 10.3 Å². The number of halogens is 1.